The number of nitro groups is 1. The number of rotatable bonds is 5. The van der Waals surface area contributed by atoms with Crippen LogP contribution in [0.3, 0.4) is 0 Å². The van der Waals surface area contributed by atoms with E-state index >= 15 is 0 Å². The van der Waals surface area contributed by atoms with Crippen molar-refractivity contribution in [1.29, 1.82) is 0 Å². The normalized spacial score (nSPS) is 15.6. The molecule has 0 atom stereocenters. The van der Waals surface area contributed by atoms with Crippen molar-refractivity contribution >= 4 is 11.5 Å². The van der Waals surface area contributed by atoms with Crippen LogP contribution in [0.2, 0.25) is 0 Å². The summed E-state index contributed by atoms with van der Waals surface area (Å²) >= 11 is 0. The van der Waals surface area contributed by atoms with Gasteiger partial charge in [0.1, 0.15) is 11.9 Å². The minimum absolute atomic E-state index is 0.0336. The number of anilines is 1. The Bertz CT molecular complexity index is 679. The molecule has 0 radical (unpaired) electrons. The van der Waals surface area contributed by atoms with Crippen molar-refractivity contribution in [2.75, 3.05) is 38.2 Å². The zero-order valence-corrected chi connectivity index (χ0v) is 12.9. The highest BCUT2D eigenvalue weighted by Gasteiger charge is 2.25. The van der Waals surface area contributed by atoms with Crippen molar-refractivity contribution in [2.24, 2.45) is 0 Å². The predicted octanol–water partition coefficient (Wildman–Crippen LogP) is 1.65. The van der Waals surface area contributed by atoms with Crippen molar-refractivity contribution in [3.8, 4) is 5.75 Å². The first-order valence-electron chi connectivity index (χ1n) is 7.45. The quantitative estimate of drug-likeness (QED) is 0.666. The molecule has 1 aromatic heterocycles. The monoisotopic (exact) mass is 317 g/mol. The molecule has 1 aliphatic heterocycles. The van der Waals surface area contributed by atoms with Crippen molar-refractivity contribution in [1.82, 2.24) is 15.1 Å². The molecule has 0 bridgehead atoms. The third kappa shape index (κ3) is 3.42. The topological polar surface area (TPSA) is 87.5 Å². The maximum absolute atomic E-state index is 11.0. The van der Waals surface area contributed by atoms with E-state index in [0.717, 1.165) is 38.5 Å². The fourth-order valence-corrected chi connectivity index (χ4v) is 2.80. The Hall–Kier alpha value is -2.61. The standard InChI is InChI=1S/C15H19N5O3/c1-23-13-4-2-3-12(9-13)11-18-5-7-19(8-6-18)15-14(20(21)22)10-16-17-15/h2-4,9-10H,5-8,11H2,1H3,(H,16,17). The van der Waals surface area contributed by atoms with Crippen LogP contribution in [0.1, 0.15) is 5.56 Å². The molecule has 2 heterocycles. The largest absolute Gasteiger partial charge is 0.497 e. The van der Waals surface area contributed by atoms with Gasteiger partial charge in [0, 0.05) is 32.7 Å². The van der Waals surface area contributed by atoms with Crippen LogP contribution in [0.5, 0.6) is 5.75 Å². The third-order valence-electron chi connectivity index (χ3n) is 4.03. The molecule has 23 heavy (non-hydrogen) atoms. The van der Waals surface area contributed by atoms with E-state index in [-0.39, 0.29) is 5.69 Å². The molecule has 0 saturated carbocycles. The summed E-state index contributed by atoms with van der Waals surface area (Å²) in [4.78, 5) is 14.9. The van der Waals surface area contributed by atoms with E-state index < -0.39 is 4.92 Å². The number of aromatic nitrogens is 2. The maximum atomic E-state index is 11.0. The Balaban J connectivity index is 1.60. The second-order valence-corrected chi connectivity index (χ2v) is 5.48. The number of aromatic amines is 1. The van der Waals surface area contributed by atoms with E-state index in [1.807, 2.05) is 23.1 Å². The van der Waals surface area contributed by atoms with Gasteiger partial charge in [-0.2, -0.15) is 5.10 Å². The summed E-state index contributed by atoms with van der Waals surface area (Å²) in [5.41, 5.74) is 1.23. The third-order valence-corrected chi connectivity index (χ3v) is 4.03. The van der Waals surface area contributed by atoms with Crippen LogP contribution >= 0.6 is 0 Å². The van der Waals surface area contributed by atoms with Gasteiger partial charge >= 0.3 is 5.69 Å². The molecule has 1 aromatic carbocycles. The molecule has 1 fully saturated rings. The number of nitrogens with one attached hydrogen (secondary N) is 1. The summed E-state index contributed by atoms with van der Waals surface area (Å²) in [6.07, 6.45) is 1.26. The minimum Gasteiger partial charge on any atom is -0.497 e. The molecule has 1 N–H and O–H groups in total. The van der Waals surface area contributed by atoms with Crippen molar-refractivity contribution < 1.29 is 9.66 Å². The highest BCUT2D eigenvalue weighted by molar-refractivity contribution is 5.56. The Kier molecular flexibility index (Phi) is 4.42. The van der Waals surface area contributed by atoms with E-state index in [4.69, 9.17) is 4.74 Å². The molecule has 8 nitrogen and oxygen atoms in total. The lowest BCUT2D eigenvalue weighted by Gasteiger charge is -2.34. The zero-order valence-electron chi connectivity index (χ0n) is 12.9. The van der Waals surface area contributed by atoms with Gasteiger partial charge in [0.05, 0.1) is 12.0 Å². The van der Waals surface area contributed by atoms with Gasteiger partial charge < -0.3 is 9.64 Å². The predicted molar refractivity (Wildman–Crippen MR) is 85.7 cm³/mol. The number of nitrogens with zero attached hydrogens (tertiary/aromatic N) is 4. The van der Waals surface area contributed by atoms with Crippen LogP contribution in [0.4, 0.5) is 11.5 Å². The molecule has 122 valence electrons. The Morgan fingerprint density at radius 2 is 2.13 bits per heavy atom. The summed E-state index contributed by atoms with van der Waals surface area (Å²) in [7, 11) is 1.66. The van der Waals surface area contributed by atoms with Gasteiger partial charge in [0.25, 0.3) is 0 Å². The van der Waals surface area contributed by atoms with E-state index in [9.17, 15) is 10.1 Å². The average Bonchev–Trinajstić information content (AvgIpc) is 3.06. The van der Waals surface area contributed by atoms with Crippen LogP contribution in [0.15, 0.2) is 30.5 Å². The lowest BCUT2D eigenvalue weighted by molar-refractivity contribution is -0.384. The van der Waals surface area contributed by atoms with Crippen LogP contribution in [0.25, 0.3) is 0 Å². The number of ether oxygens (including phenoxy) is 1. The van der Waals surface area contributed by atoms with Crippen molar-refractivity contribution in [3.05, 3.63) is 46.1 Å². The number of H-pyrrole nitrogens is 1. The fourth-order valence-electron chi connectivity index (χ4n) is 2.80. The lowest BCUT2D eigenvalue weighted by atomic mass is 10.2. The van der Waals surface area contributed by atoms with Crippen molar-refractivity contribution in [2.45, 2.75) is 6.54 Å². The second kappa shape index (κ2) is 6.66. The summed E-state index contributed by atoms with van der Waals surface area (Å²) in [5.74, 6) is 1.35. The number of piperazine rings is 1. The first kappa shape index (κ1) is 15.3. The first-order valence-corrected chi connectivity index (χ1v) is 7.45. The number of hydrogen-bond donors (Lipinski definition) is 1. The number of benzene rings is 1. The molecule has 0 unspecified atom stereocenters. The van der Waals surface area contributed by atoms with Gasteiger partial charge in [-0.3, -0.25) is 20.1 Å². The van der Waals surface area contributed by atoms with Gasteiger partial charge in [0.2, 0.25) is 5.82 Å². The smallest absolute Gasteiger partial charge is 0.330 e. The molecular formula is C15H19N5O3. The minimum atomic E-state index is -0.401. The number of hydrogen-bond acceptors (Lipinski definition) is 6. The van der Waals surface area contributed by atoms with E-state index in [1.165, 1.54) is 11.8 Å². The van der Waals surface area contributed by atoms with Crippen LogP contribution < -0.4 is 9.64 Å². The van der Waals surface area contributed by atoms with E-state index in [2.05, 4.69) is 21.2 Å². The summed E-state index contributed by atoms with van der Waals surface area (Å²) < 4.78 is 5.24. The van der Waals surface area contributed by atoms with E-state index in [0.29, 0.717) is 5.82 Å². The maximum Gasteiger partial charge on any atom is 0.330 e. The summed E-state index contributed by atoms with van der Waals surface area (Å²) in [6.45, 7) is 3.98. The molecule has 0 spiro atoms. The molecule has 8 heteroatoms. The van der Waals surface area contributed by atoms with E-state index in [1.54, 1.807) is 7.11 Å². The van der Waals surface area contributed by atoms with Gasteiger partial charge in [0.15, 0.2) is 0 Å². The molecular weight excluding hydrogens is 298 g/mol. The molecule has 2 aromatic rings. The molecule has 0 amide bonds. The number of methoxy groups -OCH3 is 1. The average molecular weight is 317 g/mol. The molecule has 3 rings (SSSR count). The molecule has 1 saturated heterocycles. The highest BCUT2D eigenvalue weighted by Crippen LogP contribution is 2.25. The Morgan fingerprint density at radius 1 is 1.35 bits per heavy atom. The molecule has 0 aliphatic carbocycles. The van der Waals surface area contributed by atoms with Crippen molar-refractivity contribution in [3.63, 3.8) is 0 Å². The summed E-state index contributed by atoms with van der Waals surface area (Å²) in [6, 6.07) is 8.03. The molecule has 1 aliphatic rings. The van der Waals surface area contributed by atoms with Gasteiger partial charge in [-0.15, -0.1) is 0 Å². The van der Waals surface area contributed by atoms with Gasteiger partial charge in [-0.25, -0.2) is 0 Å². The first-order chi connectivity index (χ1) is 11.2. The lowest BCUT2D eigenvalue weighted by Crippen LogP contribution is -2.46. The second-order valence-electron chi connectivity index (χ2n) is 5.48. The van der Waals surface area contributed by atoms with Crippen LogP contribution in [-0.2, 0) is 6.54 Å². The van der Waals surface area contributed by atoms with Gasteiger partial charge in [-0.1, -0.05) is 12.1 Å². The zero-order chi connectivity index (χ0) is 16.2. The Morgan fingerprint density at radius 3 is 2.83 bits per heavy atom. The van der Waals surface area contributed by atoms with Crippen LogP contribution in [-0.4, -0.2) is 53.3 Å². The highest BCUT2D eigenvalue weighted by atomic mass is 16.6. The Labute approximate surface area is 133 Å². The summed E-state index contributed by atoms with van der Waals surface area (Å²) in [5, 5.41) is 17.5. The fraction of sp³-hybridized carbons (Fsp3) is 0.400. The van der Waals surface area contributed by atoms with Crippen LogP contribution in [0, 0.1) is 10.1 Å². The van der Waals surface area contributed by atoms with Gasteiger partial charge in [-0.05, 0) is 17.7 Å². The SMILES string of the molecule is COc1cccc(CN2CCN(c3[nH]ncc3[N+](=O)[O-])CC2)c1.